The van der Waals surface area contributed by atoms with Gasteiger partial charge >= 0.3 is 5.63 Å². The summed E-state index contributed by atoms with van der Waals surface area (Å²) in [4.78, 5) is 11.2. The average molecular weight is 215 g/mol. The zero-order valence-corrected chi connectivity index (χ0v) is 8.90. The molecule has 2 heterocycles. The minimum atomic E-state index is -0.347. The molecule has 0 aliphatic carbocycles. The van der Waals surface area contributed by atoms with Crippen molar-refractivity contribution in [2.24, 2.45) is 0 Å². The van der Waals surface area contributed by atoms with Crippen molar-refractivity contribution in [3.63, 3.8) is 0 Å². The Kier molecular flexibility index (Phi) is 1.68. The summed E-state index contributed by atoms with van der Waals surface area (Å²) in [5.74, 6) is 0. The van der Waals surface area contributed by atoms with Gasteiger partial charge in [-0.3, -0.25) is 0 Å². The first-order valence-corrected chi connectivity index (χ1v) is 4.95. The molecule has 0 aliphatic heterocycles. The predicted molar refractivity (Wildman–Crippen MR) is 59.5 cm³/mol. The van der Waals surface area contributed by atoms with Crippen LogP contribution in [-0.4, -0.2) is 5.16 Å². The maximum absolute atomic E-state index is 11.2. The highest BCUT2D eigenvalue weighted by atomic mass is 16.5. The largest absolute Gasteiger partial charge is 0.423 e. The van der Waals surface area contributed by atoms with Crippen molar-refractivity contribution >= 4 is 21.9 Å². The molecule has 0 spiro atoms. The molecular weight excluding hydrogens is 206 g/mol. The van der Waals surface area contributed by atoms with Gasteiger partial charge in [0.2, 0.25) is 0 Å². The van der Waals surface area contributed by atoms with Crippen LogP contribution in [0.1, 0.15) is 11.3 Å². The summed E-state index contributed by atoms with van der Waals surface area (Å²) < 4.78 is 10.2. The molecule has 0 radical (unpaired) electrons. The molecule has 0 unspecified atom stereocenters. The maximum atomic E-state index is 11.2. The molecule has 2 aromatic heterocycles. The predicted octanol–water partition coefficient (Wildman–Crippen LogP) is 2.55. The van der Waals surface area contributed by atoms with Crippen molar-refractivity contribution in [3.8, 4) is 0 Å². The van der Waals surface area contributed by atoms with Crippen LogP contribution in [0.25, 0.3) is 21.9 Å². The van der Waals surface area contributed by atoms with E-state index in [2.05, 4.69) is 5.16 Å². The fourth-order valence-electron chi connectivity index (χ4n) is 1.87. The second kappa shape index (κ2) is 2.95. The molecular formula is C12H9NO3. The highest BCUT2D eigenvalue weighted by molar-refractivity contribution is 5.95. The molecule has 0 amide bonds. The van der Waals surface area contributed by atoms with Crippen LogP contribution < -0.4 is 5.63 Å². The molecule has 0 saturated heterocycles. The fourth-order valence-corrected chi connectivity index (χ4v) is 1.87. The van der Waals surface area contributed by atoms with Crippen molar-refractivity contribution in [2.75, 3.05) is 0 Å². The van der Waals surface area contributed by atoms with Crippen molar-refractivity contribution in [1.82, 2.24) is 5.16 Å². The van der Waals surface area contributed by atoms with Gasteiger partial charge in [0, 0.05) is 22.9 Å². The van der Waals surface area contributed by atoms with E-state index in [9.17, 15) is 4.79 Å². The summed E-state index contributed by atoms with van der Waals surface area (Å²) in [6.07, 6.45) is 0. The lowest BCUT2D eigenvalue weighted by Crippen LogP contribution is -1.97. The summed E-state index contributed by atoms with van der Waals surface area (Å²) in [5.41, 5.74) is 2.56. The minimum absolute atomic E-state index is 0.347. The topological polar surface area (TPSA) is 56.2 Å². The lowest BCUT2D eigenvalue weighted by atomic mass is 10.1. The molecule has 0 bridgehead atoms. The van der Waals surface area contributed by atoms with Gasteiger partial charge in [-0.05, 0) is 25.5 Å². The summed E-state index contributed by atoms with van der Waals surface area (Å²) in [5, 5.41) is 5.74. The maximum Gasteiger partial charge on any atom is 0.336 e. The molecule has 3 rings (SSSR count). The van der Waals surface area contributed by atoms with Crippen LogP contribution in [0.15, 0.2) is 31.9 Å². The van der Waals surface area contributed by atoms with E-state index in [1.54, 1.807) is 6.07 Å². The van der Waals surface area contributed by atoms with Gasteiger partial charge in [-0.1, -0.05) is 5.16 Å². The number of fused-ring (bicyclic) bond motifs is 2. The summed E-state index contributed by atoms with van der Waals surface area (Å²) in [6, 6.07) is 5.13. The van der Waals surface area contributed by atoms with E-state index < -0.39 is 0 Å². The standard InChI is InChI=1S/C12H9NO3/c1-6-3-12(14)15-10-5-11-9(4-8(6)10)7(2)13-16-11/h3-5H,1-2H3. The first-order chi connectivity index (χ1) is 7.65. The molecule has 4 heteroatoms. The second-order valence-electron chi connectivity index (χ2n) is 3.86. The van der Waals surface area contributed by atoms with Crippen molar-refractivity contribution < 1.29 is 8.94 Å². The third-order valence-corrected chi connectivity index (χ3v) is 2.72. The van der Waals surface area contributed by atoms with E-state index in [1.165, 1.54) is 6.07 Å². The molecule has 0 N–H and O–H groups in total. The van der Waals surface area contributed by atoms with Crippen LogP contribution in [0.5, 0.6) is 0 Å². The molecule has 0 saturated carbocycles. The Morgan fingerprint density at radius 1 is 1.06 bits per heavy atom. The summed E-state index contributed by atoms with van der Waals surface area (Å²) in [6.45, 7) is 3.76. The van der Waals surface area contributed by atoms with Gasteiger partial charge in [0.05, 0.1) is 5.69 Å². The second-order valence-corrected chi connectivity index (χ2v) is 3.86. The monoisotopic (exact) mass is 215 g/mol. The zero-order chi connectivity index (χ0) is 11.3. The van der Waals surface area contributed by atoms with E-state index >= 15 is 0 Å². The van der Waals surface area contributed by atoms with Crippen LogP contribution in [0.2, 0.25) is 0 Å². The van der Waals surface area contributed by atoms with Gasteiger partial charge in [0.1, 0.15) is 5.58 Å². The molecule has 0 atom stereocenters. The molecule has 16 heavy (non-hydrogen) atoms. The molecule has 0 fully saturated rings. The van der Waals surface area contributed by atoms with E-state index in [4.69, 9.17) is 8.94 Å². The number of hydrogen-bond donors (Lipinski definition) is 0. The SMILES string of the molecule is Cc1cc(=O)oc2cc3onc(C)c3cc12. The van der Waals surface area contributed by atoms with Gasteiger partial charge in [-0.2, -0.15) is 0 Å². The molecule has 3 aromatic rings. The number of aryl methyl sites for hydroxylation is 2. The van der Waals surface area contributed by atoms with Gasteiger partial charge in [-0.25, -0.2) is 4.79 Å². The number of aromatic nitrogens is 1. The first kappa shape index (κ1) is 9.15. The van der Waals surface area contributed by atoms with Gasteiger partial charge in [-0.15, -0.1) is 0 Å². The van der Waals surface area contributed by atoms with E-state index in [1.807, 2.05) is 19.9 Å². The Bertz CT molecular complexity index is 752. The Balaban J connectivity index is 2.58. The average Bonchev–Trinajstić information content (AvgIpc) is 2.57. The Morgan fingerprint density at radius 2 is 1.88 bits per heavy atom. The van der Waals surface area contributed by atoms with Gasteiger partial charge in [0.25, 0.3) is 0 Å². The van der Waals surface area contributed by atoms with Crippen molar-refractivity contribution in [3.05, 3.63) is 39.9 Å². The van der Waals surface area contributed by atoms with Crippen LogP contribution in [0, 0.1) is 13.8 Å². The van der Waals surface area contributed by atoms with Crippen LogP contribution in [0.4, 0.5) is 0 Å². The van der Waals surface area contributed by atoms with Gasteiger partial charge < -0.3 is 8.94 Å². The van der Waals surface area contributed by atoms with Crippen molar-refractivity contribution in [2.45, 2.75) is 13.8 Å². The first-order valence-electron chi connectivity index (χ1n) is 4.95. The highest BCUT2D eigenvalue weighted by Crippen LogP contribution is 2.25. The van der Waals surface area contributed by atoms with E-state index in [-0.39, 0.29) is 5.63 Å². The number of rotatable bonds is 0. The summed E-state index contributed by atoms with van der Waals surface area (Å²) in [7, 11) is 0. The van der Waals surface area contributed by atoms with Crippen LogP contribution >= 0.6 is 0 Å². The zero-order valence-electron chi connectivity index (χ0n) is 8.90. The minimum Gasteiger partial charge on any atom is -0.423 e. The normalized spacial score (nSPS) is 11.4. The number of nitrogens with zero attached hydrogens (tertiary/aromatic N) is 1. The Morgan fingerprint density at radius 3 is 2.69 bits per heavy atom. The molecule has 80 valence electrons. The van der Waals surface area contributed by atoms with Crippen LogP contribution in [-0.2, 0) is 0 Å². The molecule has 1 aromatic carbocycles. The molecule has 4 nitrogen and oxygen atoms in total. The third kappa shape index (κ3) is 1.16. The smallest absolute Gasteiger partial charge is 0.336 e. The Labute approximate surface area is 90.5 Å². The van der Waals surface area contributed by atoms with Crippen molar-refractivity contribution in [1.29, 1.82) is 0 Å². The molecule has 0 aliphatic rings. The number of benzene rings is 1. The lowest BCUT2D eigenvalue weighted by Gasteiger charge is -1.99. The summed E-state index contributed by atoms with van der Waals surface area (Å²) >= 11 is 0. The lowest BCUT2D eigenvalue weighted by molar-refractivity contribution is 0.450. The van der Waals surface area contributed by atoms with Crippen LogP contribution in [0.3, 0.4) is 0 Å². The van der Waals surface area contributed by atoms with Gasteiger partial charge in [0.15, 0.2) is 5.58 Å². The quantitative estimate of drug-likeness (QED) is 0.541. The Hall–Kier alpha value is -2.10. The number of hydrogen-bond acceptors (Lipinski definition) is 4. The highest BCUT2D eigenvalue weighted by Gasteiger charge is 2.09. The van der Waals surface area contributed by atoms with E-state index in [0.29, 0.717) is 11.2 Å². The van der Waals surface area contributed by atoms with E-state index in [0.717, 1.165) is 22.0 Å². The third-order valence-electron chi connectivity index (χ3n) is 2.72. The fraction of sp³-hybridized carbons (Fsp3) is 0.167.